The number of amides is 1. The highest BCUT2D eigenvalue weighted by Crippen LogP contribution is 2.16. The Kier molecular flexibility index (Phi) is 3.97. The second-order valence-electron chi connectivity index (χ2n) is 4.94. The molecule has 0 N–H and O–H groups in total. The highest BCUT2D eigenvalue weighted by Gasteiger charge is 2.28. The standard InChI is InChI=1S/C12H20N4O/c1-14-5-7-15(8-6-14)12(17)10-16-4-2-3-11(16)9-13/h11H,2-8,10H2,1H3. The third-order valence-electron chi connectivity index (χ3n) is 3.71. The molecule has 0 bridgehead atoms. The fourth-order valence-corrected chi connectivity index (χ4v) is 2.49. The van der Waals surface area contributed by atoms with Crippen LogP contribution in [0, 0.1) is 11.3 Å². The van der Waals surface area contributed by atoms with Crippen molar-refractivity contribution in [1.29, 1.82) is 5.26 Å². The third kappa shape index (κ3) is 2.96. The topological polar surface area (TPSA) is 50.6 Å². The molecule has 2 aliphatic heterocycles. The SMILES string of the molecule is CN1CCN(C(=O)CN2CCCC2C#N)CC1. The molecule has 0 aliphatic carbocycles. The molecule has 1 unspecified atom stereocenters. The monoisotopic (exact) mass is 236 g/mol. The predicted molar refractivity (Wildman–Crippen MR) is 64.3 cm³/mol. The number of likely N-dealkylation sites (N-methyl/N-ethyl adjacent to an activating group) is 1. The summed E-state index contributed by atoms with van der Waals surface area (Å²) in [5.41, 5.74) is 0. The zero-order valence-corrected chi connectivity index (χ0v) is 10.4. The van der Waals surface area contributed by atoms with Gasteiger partial charge < -0.3 is 9.80 Å². The van der Waals surface area contributed by atoms with Gasteiger partial charge in [0.05, 0.1) is 18.7 Å². The highest BCUT2D eigenvalue weighted by molar-refractivity contribution is 5.78. The molecule has 1 amide bonds. The second kappa shape index (κ2) is 5.48. The minimum atomic E-state index is -0.0496. The van der Waals surface area contributed by atoms with Crippen molar-refractivity contribution in [3.05, 3.63) is 0 Å². The Morgan fingerprint density at radius 2 is 2.00 bits per heavy atom. The molecular formula is C12H20N4O. The molecule has 2 saturated heterocycles. The van der Waals surface area contributed by atoms with Crippen LogP contribution in [0.5, 0.6) is 0 Å². The zero-order chi connectivity index (χ0) is 12.3. The van der Waals surface area contributed by atoms with Crippen molar-refractivity contribution in [1.82, 2.24) is 14.7 Å². The largest absolute Gasteiger partial charge is 0.339 e. The van der Waals surface area contributed by atoms with Crippen LogP contribution in [0.4, 0.5) is 0 Å². The average molecular weight is 236 g/mol. The average Bonchev–Trinajstić information content (AvgIpc) is 2.77. The molecule has 94 valence electrons. The van der Waals surface area contributed by atoms with E-state index in [1.54, 1.807) is 0 Å². The number of hydrogen-bond acceptors (Lipinski definition) is 4. The van der Waals surface area contributed by atoms with Gasteiger partial charge in [0.2, 0.25) is 5.91 Å². The number of nitrogens with zero attached hydrogens (tertiary/aromatic N) is 4. The third-order valence-corrected chi connectivity index (χ3v) is 3.71. The Morgan fingerprint density at radius 3 is 2.65 bits per heavy atom. The Balaban J connectivity index is 1.83. The van der Waals surface area contributed by atoms with E-state index in [-0.39, 0.29) is 11.9 Å². The summed E-state index contributed by atoms with van der Waals surface area (Å²) in [5, 5.41) is 8.97. The van der Waals surface area contributed by atoms with E-state index < -0.39 is 0 Å². The Labute approximate surface area is 103 Å². The molecule has 0 aromatic rings. The molecule has 17 heavy (non-hydrogen) atoms. The molecule has 5 heteroatoms. The second-order valence-corrected chi connectivity index (χ2v) is 4.94. The number of hydrogen-bond donors (Lipinski definition) is 0. The number of nitriles is 1. The van der Waals surface area contributed by atoms with Crippen molar-refractivity contribution >= 4 is 5.91 Å². The normalized spacial score (nSPS) is 27.1. The Morgan fingerprint density at radius 1 is 1.29 bits per heavy atom. The summed E-state index contributed by atoms with van der Waals surface area (Å²) >= 11 is 0. The maximum atomic E-state index is 12.1. The van der Waals surface area contributed by atoms with Gasteiger partial charge in [0, 0.05) is 32.7 Å². The first-order valence-electron chi connectivity index (χ1n) is 6.30. The molecule has 0 radical (unpaired) electrons. The van der Waals surface area contributed by atoms with Gasteiger partial charge in [-0.15, -0.1) is 0 Å². The summed E-state index contributed by atoms with van der Waals surface area (Å²) in [6.45, 7) is 4.85. The van der Waals surface area contributed by atoms with Gasteiger partial charge in [-0.25, -0.2) is 0 Å². The van der Waals surface area contributed by atoms with Crippen molar-refractivity contribution in [3.8, 4) is 6.07 Å². The molecule has 0 spiro atoms. The van der Waals surface area contributed by atoms with E-state index in [4.69, 9.17) is 5.26 Å². The smallest absolute Gasteiger partial charge is 0.236 e. The molecular weight excluding hydrogens is 216 g/mol. The number of piperazine rings is 1. The quantitative estimate of drug-likeness (QED) is 0.663. The van der Waals surface area contributed by atoms with E-state index in [2.05, 4.69) is 18.0 Å². The number of carbonyl (C=O) groups excluding carboxylic acids is 1. The first-order valence-corrected chi connectivity index (χ1v) is 6.30. The fraction of sp³-hybridized carbons (Fsp3) is 0.833. The zero-order valence-electron chi connectivity index (χ0n) is 10.4. The van der Waals surface area contributed by atoms with Crippen LogP contribution in [0.25, 0.3) is 0 Å². The number of carbonyl (C=O) groups is 1. The van der Waals surface area contributed by atoms with Crippen LogP contribution in [0.15, 0.2) is 0 Å². The van der Waals surface area contributed by atoms with Crippen molar-refractivity contribution in [3.63, 3.8) is 0 Å². The summed E-state index contributed by atoms with van der Waals surface area (Å²) in [7, 11) is 2.08. The lowest BCUT2D eigenvalue weighted by atomic mass is 10.2. The Bertz CT molecular complexity index is 317. The predicted octanol–water partition coefficient (Wildman–Crippen LogP) is -0.252. The van der Waals surface area contributed by atoms with Crippen molar-refractivity contribution < 1.29 is 4.79 Å². The molecule has 1 atom stereocenters. The molecule has 2 fully saturated rings. The summed E-state index contributed by atoms with van der Waals surface area (Å²) in [4.78, 5) is 18.3. The molecule has 0 saturated carbocycles. The molecule has 5 nitrogen and oxygen atoms in total. The number of rotatable bonds is 2. The summed E-state index contributed by atoms with van der Waals surface area (Å²) in [5.74, 6) is 0.181. The minimum absolute atomic E-state index is 0.0496. The molecule has 2 heterocycles. The Hall–Kier alpha value is -1.12. The molecule has 2 rings (SSSR count). The van der Waals surface area contributed by atoms with Gasteiger partial charge in [-0.05, 0) is 19.9 Å². The molecule has 0 aromatic heterocycles. The van der Waals surface area contributed by atoms with E-state index in [0.717, 1.165) is 45.6 Å². The van der Waals surface area contributed by atoms with Crippen molar-refractivity contribution in [2.45, 2.75) is 18.9 Å². The number of likely N-dealkylation sites (tertiary alicyclic amines) is 1. The molecule has 2 aliphatic rings. The van der Waals surface area contributed by atoms with Crippen molar-refractivity contribution in [2.24, 2.45) is 0 Å². The summed E-state index contributed by atoms with van der Waals surface area (Å²) < 4.78 is 0. The van der Waals surface area contributed by atoms with Gasteiger partial charge in [-0.3, -0.25) is 9.69 Å². The minimum Gasteiger partial charge on any atom is -0.339 e. The lowest BCUT2D eigenvalue weighted by Crippen LogP contribution is -2.50. The first kappa shape index (κ1) is 12.3. The fourth-order valence-electron chi connectivity index (χ4n) is 2.49. The van der Waals surface area contributed by atoms with E-state index >= 15 is 0 Å². The van der Waals surface area contributed by atoms with Gasteiger partial charge in [0.25, 0.3) is 0 Å². The maximum Gasteiger partial charge on any atom is 0.236 e. The van der Waals surface area contributed by atoms with Gasteiger partial charge in [0.1, 0.15) is 0 Å². The lowest BCUT2D eigenvalue weighted by Gasteiger charge is -2.33. The van der Waals surface area contributed by atoms with E-state index in [1.165, 1.54) is 0 Å². The maximum absolute atomic E-state index is 12.1. The van der Waals surface area contributed by atoms with Crippen LogP contribution in [0.3, 0.4) is 0 Å². The first-order chi connectivity index (χ1) is 8.20. The van der Waals surface area contributed by atoms with Crippen LogP contribution in [0.2, 0.25) is 0 Å². The van der Waals surface area contributed by atoms with E-state index in [0.29, 0.717) is 6.54 Å². The van der Waals surface area contributed by atoms with Crippen LogP contribution in [-0.4, -0.2) is 73.0 Å². The van der Waals surface area contributed by atoms with E-state index in [9.17, 15) is 4.79 Å². The van der Waals surface area contributed by atoms with Crippen LogP contribution in [0.1, 0.15) is 12.8 Å². The van der Waals surface area contributed by atoms with Gasteiger partial charge >= 0.3 is 0 Å². The van der Waals surface area contributed by atoms with Crippen LogP contribution in [-0.2, 0) is 4.79 Å². The summed E-state index contributed by atoms with van der Waals surface area (Å²) in [6.07, 6.45) is 1.95. The van der Waals surface area contributed by atoms with Gasteiger partial charge in [-0.1, -0.05) is 0 Å². The van der Waals surface area contributed by atoms with Gasteiger partial charge in [-0.2, -0.15) is 5.26 Å². The molecule has 0 aromatic carbocycles. The van der Waals surface area contributed by atoms with Crippen molar-refractivity contribution in [2.75, 3.05) is 46.3 Å². The van der Waals surface area contributed by atoms with Crippen LogP contribution < -0.4 is 0 Å². The van der Waals surface area contributed by atoms with Gasteiger partial charge in [0.15, 0.2) is 0 Å². The van der Waals surface area contributed by atoms with Crippen LogP contribution >= 0.6 is 0 Å². The lowest BCUT2D eigenvalue weighted by molar-refractivity contribution is -0.134. The highest BCUT2D eigenvalue weighted by atomic mass is 16.2. The summed E-state index contributed by atoms with van der Waals surface area (Å²) in [6, 6.07) is 2.23. The van der Waals surface area contributed by atoms with E-state index in [1.807, 2.05) is 9.80 Å².